The smallest absolute Gasteiger partial charge is 0.171 e. The highest BCUT2D eigenvalue weighted by atomic mass is 32.2. The molecule has 0 atom stereocenters. The predicted octanol–water partition coefficient (Wildman–Crippen LogP) is 3.92. The van der Waals surface area contributed by atoms with E-state index >= 15 is 0 Å². The van der Waals surface area contributed by atoms with E-state index in [0.29, 0.717) is 5.11 Å². The monoisotopic (exact) mass is 331 g/mol. The minimum atomic E-state index is 0.620. The van der Waals surface area contributed by atoms with Crippen LogP contribution in [0.2, 0.25) is 0 Å². The number of rotatable bonds is 6. The van der Waals surface area contributed by atoms with E-state index in [-0.39, 0.29) is 0 Å². The number of thiocarbonyl (C=S) groups is 1. The molecule has 1 heterocycles. The van der Waals surface area contributed by atoms with Crippen molar-refractivity contribution in [3.05, 3.63) is 59.3 Å². The number of hydrogen-bond donors (Lipinski definition) is 2. The molecule has 3 nitrogen and oxygen atoms in total. The molecule has 0 bridgehead atoms. The molecule has 0 saturated carbocycles. The summed E-state index contributed by atoms with van der Waals surface area (Å²) in [5.41, 5.74) is 3.91. The molecule has 0 saturated heterocycles. The van der Waals surface area contributed by atoms with Crippen LogP contribution in [0.25, 0.3) is 0 Å². The van der Waals surface area contributed by atoms with Crippen LogP contribution in [0, 0.1) is 13.8 Å². The third kappa shape index (κ3) is 5.66. The van der Waals surface area contributed by atoms with Crippen molar-refractivity contribution < 1.29 is 0 Å². The van der Waals surface area contributed by atoms with E-state index in [4.69, 9.17) is 12.2 Å². The normalized spacial score (nSPS) is 10.3. The van der Waals surface area contributed by atoms with Crippen LogP contribution in [0.3, 0.4) is 0 Å². The molecule has 2 N–H and O–H groups in total. The maximum atomic E-state index is 5.27. The van der Waals surface area contributed by atoms with Crippen molar-refractivity contribution in [3.8, 4) is 0 Å². The Bertz CT molecular complexity index is 629. The summed E-state index contributed by atoms with van der Waals surface area (Å²) in [6.45, 7) is 5.03. The molecule has 22 heavy (non-hydrogen) atoms. The Morgan fingerprint density at radius 2 is 2.05 bits per heavy atom. The molecule has 0 spiro atoms. The lowest BCUT2D eigenvalue weighted by atomic mass is 10.1. The average molecular weight is 332 g/mol. The Labute approximate surface area is 141 Å². The molecule has 2 aromatic rings. The summed E-state index contributed by atoms with van der Waals surface area (Å²) in [4.78, 5) is 4.23. The van der Waals surface area contributed by atoms with Crippen LogP contribution in [0.1, 0.15) is 16.7 Å². The first-order valence-electron chi connectivity index (χ1n) is 7.25. The van der Waals surface area contributed by atoms with Crippen molar-refractivity contribution in [1.29, 1.82) is 0 Å². The van der Waals surface area contributed by atoms with Gasteiger partial charge in [-0.25, -0.2) is 4.98 Å². The van der Waals surface area contributed by atoms with Crippen molar-refractivity contribution >= 4 is 34.9 Å². The lowest BCUT2D eigenvalue weighted by Gasteiger charge is -2.10. The van der Waals surface area contributed by atoms with Gasteiger partial charge in [-0.2, -0.15) is 11.8 Å². The maximum Gasteiger partial charge on any atom is 0.171 e. The minimum absolute atomic E-state index is 0.620. The highest BCUT2D eigenvalue weighted by molar-refractivity contribution is 7.98. The van der Waals surface area contributed by atoms with Crippen molar-refractivity contribution in [2.45, 2.75) is 19.6 Å². The van der Waals surface area contributed by atoms with Crippen molar-refractivity contribution in [1.82, 2.24) is 10.3 Å². The zero-order valence-corrected chi connectivity index (χ0v) is 14.6. The highest BCUT2D eigenvalue weighted by Crippen LogP contribution is 2.15. The first-order valence-corrected chi connectivity index (χ1v) is 8.81. The van der Waals surface area contributed by atoms with Gasteiger partial charge in [0.05, 0.1) is 0 Å². The van der Waals surface area contributed by atoms with Crippen LogP contribution in [0.5, 0.6) is 0 Å². The zero-order chi connectivity index (χ0) is 15.8. The summed E-state index contributed by atoms with van der Waals surface area (Å²) in [5.74, 6) is 2.83. The Kier molecular flexibility index (Phi) is 6.68. The van der Waals surface area contributed by atoms with Crippen LogP contribution in [-0.4, -0.2) is 22.4 Å². The number of pyridine rings is 1. The van der Waals surface area contributed by atoms with Gasteiger partial charge >= 0.3 is 0 Å². The molecule has 0 aliphatic carbocycles. The summed E-state index contributed by atoms with van der Waals surface area (Å²) in [6.07, 6.45) is 1.78. The summed E-state index contributed by atoms with van der Waals surface area (Å²) in [7, 11) is 0. The third-order valence-electron chi connectivity index (χ3n) is 3.21. The van der Waals surface area contributed by atoms with Crippen LogP contribution < -0.4 is 10.6 Å². The molecule has 2 rings (SSSR count). The molecule has 1 aromatic heterocycles. The molecule has 1 aromatic carbocycles. The Balaban J connectivity index is 1.64. The lowest BCUT2D eigenvalue weighted by Crippen LogP contribution is -2.30. The predicted molar refractivity (Wildman–Crippen MR) is 101 cm³/mol. The van der Waals surface area contributed by atoms with E-state index in [0.717, 1.165) is 29.4 Å². The van der Waals surface area contributed by atoms with E-state index in [9.17, 15) is 0 Å². The second kappa shape index (κ2) is 8.76. The van der Waals surface area contributed by atoms with E-state index < -0.39 is 0 Å². The van der Waals surface area contributed by atoms with Gasteiger partial charge in [-0.1, -0.05) is 24.3 Å². The number of aromatic nitrogens is 1. The number of benzene rings is 1. The Hall–Kier alpha value is -1.59. The number of aryl methyl sites for hydroxylation is 2. The van der Waals surface area contributed by atoms with Gasteiger partial charge in [-0.05, 0) is 54.9 Å². The summed E-state index contributed by atoms with van der Waals surface area (Å²) in [6, 6.07) is 12.4. The summed E-state index contributed by atoms with van der Waals surface area (Å²) >= 11 is 7.18. The van der Waals surface area contributed by atoms with Gasteiger partial charge in [0.2, 0.25) is 0 Å². The number of nitrogens with zero attached hydrogens (tertiary/aromatic N) is 1. The maximum absolute atomic E-state index is 5.27. The van der Waals surface area contributed by atoms with Gasteiger partial charge in [0.25, 0.3) is 0 Å². The number of hydrogen-bond acceptors (Lipinski definition) is 3. The first-order chi connectivity index (χ1) is 10.6. The number of thioether (sulfide) groups is 1. The van der Waals surface area contributed by atoms with Gasteiger partial charge in [0.15, 0.2) is 5.11 Å². The second-order valence-corrected chi connectivity index (χ2v) is 6.59. The molecule has 0 unspecified atom stereocenters. The average Bonchev–Trinajstić information content (AvgIpc) is 2.48. The quantitative estimate of drug-likeness (QED) is 0.620. The van der Waals surface area contributed by atoms with Crippen molar-refractivity contribution in [2.75, 3.05) is 17.6 Å². The summed E-state index contributed by atoms with van der Waals surface area (Å²) < 4.78 is 0. The van der Waals surface area contributed by atoms with Gasteiger partial charge in [0.1, 0.15) is 5.82 Å². The fraction of sp³-hybridized carbons (Fsp3) is 0.294. The minimum Gasteiger partial charge on any atom is -0.362 e. The lowest BCUT2D eigenvalue weighted by molar-refractivity contribution is 0.988. The van der Waals surface area contributed by atoms with E-state index in [1.54, 1.807) is 6.20 Å². The number of anilines is 1. The topological polar surface area (TPSA) is 37.0 Å². The molecule has 0 aliphatic rings. The number of nitrogens with one attached hydrogen (secondary N) is 2. The largest absolute Gasteiger partial charge is 0.362 e. The molecular weight excluding hydrogens is 310 g/mol. The van der Waals surface area contributed by atoms with E-state index in [1.165, 1.54) is 11.1 Å². The fourth-order valence-corrected chi connectivity index (χ4v) is 3.10. The summed E-state index contributed by atoms with van der Waals surface area (Å²) in [5, 5.41) is 6.93. The van der Waals surface area contributed by atoms with Crippen LogP contribution in [0.4, 0.5) is 5.82 Å². The van der Waals surface area contributed by atoms with Gasteiger partial charge in [-0.3, -0.25) is 0 Å². The van der Waals surface area contributed by atoms with Crippen LogP contribution in [0.15, 0.2) is 42.6 Å². The molecular formula is C17H21N3S2. The molecule has 0 amide bonds. The van der Waals surface area contributed by atoms with E-state index in [1.807, 2.05) is 30.8 Å². The fourth-order valence-electron chi connectivity index (χ4n) is 1.96. The van der Waals surface area contributed by atoms with Crippen molar-refractivity contribution in [3.63, 3.8) is 0 Å². The Morgan fingerprint density at radius 1 is 1.23 bits per heavy atom. The van der Waals surface area contributed by atoms with Crippen LogP contribution in [-0.2, 0) is 5.75 Å². The Morgan fingerprint density at radius 3 is 2.82 bits per heavy atom. The van der Waals surface area contributed by atoms with Crippen LogP contribution >= 0.6 is 24.0 Å². The SMILES string of the molecule is Cc1ccnc(NC(=S)NCCSCc2ccccc2C)c1. The highest BCUT2D eigenvalue weighted by Gasteiger charge is 2.00. The standard InChI is InChI=1S/C17H21N3S2/c1-13-7-8-18-16(11-13)20-17(21)19-9-10-22-12-15-6-4-3-5-14(15)2/h3-8,11H,9-10,12H2,1-2H3,(H2,18,19,20,21). The molecule has 116 valence electrons. The van der Waals surface area contributed by atoms with Gasteiger partial charge < -0.3 is 10.6 Å². The van der Waals surface area contributed by atoms with Crippen molar-refractivity contribution in [2.24, 2.45) is 0 Å². The third-order valence-corrected chi connectivity index (χ3v) is 4.46. The molecule has 5 heteroatoms. The van der Waals surface area contributed by atoms with E-state index in [2.05, 4.69) is 46.8 Å². The first kappa shape index (κ1) is 16.8. The van der Waals surface area contributed by atoms with Gasteiger partial charge in [0, 0.05) is 24.2 Å². The van der Waals surface area contributed by atoms with Gasteiger partial charge in [-0.15, -0.1) is 0 Å². The second-order valence-electron chi connectivity index (χ2n) is 5.08. The molecule has 0 aliphatic heterocycles. The molecule has 0 radical (unpaired) electrons. The zero-order valence-electron chi connectivity index (χ0n) is 12.9. The molecule has 0 fully saturated rings.